The van der Waals surface area contributed by atoms with E-state index in [-0.39, 0.29) is 5.97 Å². The third kappa shape index (κ3) is 2.69. The Balaban J connectivity index is 2.16. The van der Waals surface area contributed by atoms with Gasteiger partial charge in [-0.25, -0.2) is 4.79 Å². The summed E-state index contributed by atoms with van der Waals surface area (Å²) in [4.78, 5) is 11.6. The van der Waals surface area contributed by atoms with Gasteiger partial charge in [0.2, 0.25) is 0 Å². The molecule has 0 spiro atoms. The third-order valence-corrected chi connectivity index (χ3v) is 3.56. The van der Waals surface area contributed by atoms with Crippen molar-refractivity contribution in [3.63, 3.8) is 0 Å². The molecule has 0 saturated carbocycles. The molecule has 2 rings (SSSR count). The lowest BCUT2D eigenvalue weighted by Crippen LogP contribution is -2.20. The van der Waals surface area contributed by atoms with Gasteiger partial charge in [-0.3, -0.25) is 4.68 Å². The van der Waals surface area contributed by atoms with Gasteiger partial charge in [0.05, 0.1) is 18.8 Å². The van der Waals surface area contributed by atoms with Crippen molar-refractivity contribution in [2.24, 2.45) is 0 Å². The summed E-state index contributed by atoms with van der Waals surface area (Å²) < 4.78 is 12.8. The van der Waals surface area contributed by atoms with E-state index < -0.39 is 0 Å². The zero-order valence-electron chi connectivity index (χ0n) is 9.69. The molecule has 1 fully saturated rings. The van der Waals surface area contributed by atoms with Gasteiger partial charge in [0, 0.05) is 13.2 Å². The summed E-state index contributed by atoms with van der Waals surface area (Å²) in [6, 6.07) is 0.293. The lowest BCUT2D eigenvalue weighted by atomic mass is 10.1. The van der Waals surface area contributed by atoms with E-state index in [1.807, 2.05) is 4.68 Å². The fourth-order valence-corrected chi connectivity index (χ4v) is 2.52. The lowest BCUT2D eigenvalue weighted by Gasteiger charge is -2.23. The Labute approximate surface area is 108 Å². The minimum absolute atomic E-state index is 0.293. The highest BCUT2D eigenvalue weighted by Crippen LogP contribution is 2.27. The van der Waals surface area contributed by atoms with Crippen LogP contribution in [0.3, 0.4) is 0 Å². The maximum Gasteiger partial charge on any atom is 0.342 e. The Hall–Kier alpha value is -0.880. The molecule has 0 radical (unpaired) electrons. The van der Waals surface area contributed by atoms with Gasteiger partial charge in [-0.1, -0.05) is 0 Å². The molecule has 1 aromatic heterocycles. The summed E-state index contributed by atoms with van der Waals surface area (Å²) in [6.07, 6.45) is 3.39. The van der Waals surface area contributed by atoms with Gasteiger partial charge in [0.25, 0.3) is 0 Å². The number of esters is 1. The van der Waals surface area contributed by atoms with Crippen molar-refractivity contribution in [3.8, 4) is 0 Å². The predicted molar refractivity (Wildman–Crippen MR) is 65.0 cm³/mol. The van der Waals surface area contributed by atoms with Gasteiger partial charge < -0.3 is 9.47 Å². The molecule has 6 heteroatoms. The van der Waals surface area contributed by atoms with Crippen LogP contribution in [0.5, 0.6) is 0 Å². The van der Waals surface area contributed by atoms with Crippen LogP contribution in [0.15, 0.2) is 10.8 Å². The van der Waals surface area contributed by atoms with Gasteiger partial charge in [-0.05, 0) is 35.7 Å². The number of hydrogen-bond donors (Lipinski definition) is 0. The standard InChI is InChI=1S/C11H15BrN2O3/c1-2-17-11(15)9-7-13-14(10(9)12)8-3-5-16-6-4-8/h7-8H,2-6H2,1H3. The van der Waals surface area contributed by atoms with E-state index >= 15 is 0 Å². The van der Waals surface area contributed by atoms with Crippen molar-refractivity contribution in [3.05, 3.63) is 16.4 Å². The zero-order valence-corrected chi connectivity index (χ0v) is 11.3. The Bertz CT molecular complexity index is 399. The number of hydrogen-bond acceptors (Lipinski definition) is 4. The minimum Gasteiger partial charge on any atom is -0.462 e. The van der Waals surface area contributed by atoms with Crippen molar-refractivity contribution in [1.29, 1.82) is 0 Å². The van der Waals surface area contributed by atoms with Crippen LogP contribution in [0.1, 0.15) is 36.2 Å². The lowest BCUT2D eigenvalue weighted by molar-refractivity contribution is 0.0523. The third-order valence-electron chi connectivity index (χ3n) is 2.77. The van der Waals surface area contributed by atoms with E-state index in [4.69, 9.17) is 9.47 Å². The minimum atomic E-state index is -0.335. The van der Waals surface area contributed by atoms with Crippen LogP contribution in [0.4, 0.5) is 0 Å². The summed E-state index contributed by atoms with van der Waals surface area (Å²) in [5.74, 6) is -0.335. The van der Waals surface area contributed by atoms with Crippen LogP contribution in [-0.4, -0.2) is 35.6 Å². The first-order valence-electron chi connectivity index (χ1n) is 5.72. The van der Waals surface area contributed by atoms with E-state index in [9.17, 15) is 4.79 Å². The monoisotopic (exact) mass is 302 g/mol. The van der Waals surface area contributed by atoms with Gasteiger partial charge in [0.15, 0.2) is 0 Å². The Kier molecular flexibility index (Phi) is 4.17. The Morgan fingerprint density at radius 1 is 1.65 bits per heavy atom. The first-order valence-corrected chi connectivity index (χ1v) is 6.51. The average molecular weight is 303 g/mol. The number of carbonyl (C=O) groups is 1. The van der Waals surface area contributed by atoms with Gasteiger partial charge in [-0.15, -0.1) is 0 Å². The highest BCUT2D eigenvalue weighted by molar-refractivity contribution is 9.10. The van der Waals surface area contributed by atoms with Crippen LogP contribution in [0.25, 0.3) is 0 Å². The van der Waals surface area contributed by atoms with Gasteiger partial charge in [-0.2, -0.15) is 5.10 Å². The van der Waals surface area contributed by atoms with Gasteiger partial charge in [0.1, 0.15) is 10.2 Å². The van der Waals surface area contributed by atoms with E-state index in [1.165, 1.54) is 0 Å². The highest BCUT2D eigenvalue weighted by atomic mass is 79.9. The van der Waals surface area contributed by atoms with Crippen molar-refractivity contribution >= 4 is 21.9 Å². The fourth-order valence-electron chi connectivity index (χ4n) is 1.88. The van der Waals surface area contributed by atoms with Crippen LogP contribution in [0.2, 0.25) is 0 Å². The molecular weight excluding hydrogens is 288 g/mol. The van der Waals surface area contributed by atoms with Crippen LogP contribution in [0, 0.1) is 0 Å². The Morgan fingerprint density at radius 2 is 2.35 bits per heavy atom. The second-order valence-electron chi connectivity index (χ2n) is 3.86. The molecule has 17 heavy (non-hydrogen) atoms. The predicted octanol–water partition coefficient (Wildman–Crippen LogP) is 2.17. The molecular formula is C11H15BrN2O3. The quantitative estimate of drug-likeness (QED) is 0.803. The molecule has 1 saturated heterocycles. The molecule has 1 aromatic rings. The number of ether oxygens (including phenoxy) is 2. The van der Waals surface area contributed by atoms with E-state index in [1.54, 1.807) is 13.1 Å². The van der Waals surface area contributed by atoms with Crippen molar-refractivity contribution in [2.75, 3.05) is 19.8 Å². The smallest absolute Gasteiger partial charge is 0.342 e. The second kappa shape index (κ2) is 5.64. The second-order valence-corrected chi connectivity index (χ2v) is 4.61. The van der Waals surface area contributed by atoms with Crippen molar-refractivity contribution < 1.29 is 14.3 Å². The first kappa shape index (κ1) is 12.6. The summed E-state index contributed by atoms with van der Waals surface area (Å²) >= 11 is 3.42. The van der Waals surface area contributed by atoms with E-state index in [0.717, 1.165) is 26.1 Å². The molecule has 0 amide bonds. The summed E-state index contributed by atoms with van der Waals surface area (Å²) in [7, 11) is 0. The number of rotatable bonds is 3. The zero-order chi connectivity index (χ0) is 12.3. The summed E-state index contributed by atoms with van der Waals surface area (Å²) in [5, 5.41) is 4.26. The normalized spacial score (nSPS) is 17.1. The molecule has 0 unspecified atom stereocenters. The van der Waals surface area contributed by atoms with E-state index in [0.29, 0.717) is 22.8 Å². The summed E-state index contributed by atoms with van der Waals surface area (Å²) in [5.41, 5.74) is 0.485. The molecule has 0 atom stereocenters. The van der Waals surface area contributed by atoms with E-state index in [2.05, 4.69) is 21.0 Å². The molecule has 5 nitrogen and oxygen atoms in total. The van der Waals surface area contributed by atoms with Crippen LogP contribution in [-0.2, 0) is 9.47 Å². The summed E-state index contributed by atoms with van der Waals surface area (Å²) in [6.45, 7) is 3.64. The van der Waals surface area contributed by atoms with Crippen molar-refractivity contribution in [1.82, 2.24) is 9.78 Å². The van der Waals surface area contributed by atoms with Gasteiger partial charge >= 0.3 is 5.97 Å². The average Bonchev–Trinajstić information content (AvgIpc) is 2.72. The molecule has 0 N–H and O–H groups in total. The SMILES string of the molecule is CCOC(=O)c1cnn(C2CCOCC2)c1Br. The topological polar surface area (TPSA) is 53.3 Å². The number of nitrogens with zero attached hydrogens (tertiary/aromatic N) is 2. The molecule has 0 bridgehead atoms. The number of aromatic nitrogens is 2. The molecule has 2 heterocycles. The largest absolute Gasteiger partial charge is 0.462 e. The molecule has 0 aliphatic carbocycles. The highest BCUT2D eigenvalue weighted by Gasteiger charge is 2.23. The number of carbonyl (C=O) groups excluding carboxylic acids is 1. The first-order chi connectivity index (χ1) is 8.24. The molecule has 94 valence electrons. The van der Waals surface area contributed by atoms with Crippen LogP contribution >= 0.6 is 15.9 Å². The van der Waals surface area contributed by atoms with Crippen molar-refractivity contribution in [2.45, 2.75) is 25.8 Å². The molecule has 0 aromatic carbocycles. The molecule has 1 aliphatic rings. The van der Waals surface area contributed by atoms with Crippen LogP contribution < -0.4 is 0 Å². The Morgan fingerprint density at radius 3 is 3.00 bits per heavy atom. The number of halogens is 1. The maximum absolute atomic E-state index is 11.6. The fraction of sp³-hybridized carbons (Fsp3) is 0.636. The molecule has 1 aliphatic heterocycles. The maximum atomic E-state index is 11.6.